The SMILES string of the molecule is CN(Cc1ccco1)C(=O)COC(=O)c1ccccc1S(=O)(=O)N1CCCCC1. The number of sulfonamides is 1. The maximum atomic E-state index is 13.0. The lowest BCUT2D eigenvalue weighted by molar-refractivity contribution is -0.134. The van der Waals surface area contributed by atoms with Crippen molar-refractivity contribution >= 4 is 21.9 Å². The Morgan fingerprint density at radius 2 is 1.83 bits per heavy atom. The molecule has 0 unspecified atom stereocenters. The average molecular weight is 420 g/mol. The Morgan fingerprint density at radius 3 is 2.52 bits per heavy atom. The van der Waals surface area contributed by atoms with Gasteiger partial charge in [-0.3, -0.25) is 4.79 Å². The predicted octanol–water partition coefficient (Wildman–Crippen LogP) is 2.27. The van der Waals surface area contributed by atoms with Gasteiger partial charge in [-0.05, 0) is 37.1 Å². The van der Waals surface area contributed by atoms with Gasteiger partial charge in [0.2, 0.25) is 10.0 Å². The van der Waals surface area contributed by atoms with E-state index in [1.165, 1.54) is 27.6 Å². The number of hydrogen-bond acceptors (Lipinski definition) is 6. The molecule has 3 rings (SSSR count). The fourth-order valence-electron chi connectivity index (χ4n) is 3.14. The summed E-state index contributed by atoms with van der Waals surface area (Å²) >= 11 is 0. The average Bonchev–Trinajstić information content (AvgIpc) is 3.25. The van der Waals surface area contributed by atoms with E-state index in [0.29, 0.717) is 18.8 Å². The zero-order valence-electron chi connectivity index (χ0n) is 16.2. The van der Waals surface area contributed by atoms with Crippen LogP contribution in [0.5, 0.6) is 0 Å². The topological polar surface area (TPSA) is 97.1 Å². The number of carbonyl (C=O) groups excluding carboxylic acids is 2. The summed E-state index contributed by atoms with van der Waals surface area (Å²) in [5.41, 5.74) is -0.0699. The summed E-state index contributed by atoms with van der Waals surface area (Å²) in [6.45, 7) is 0.612. The minimum atomic E-state index is -3.80. The quantitative estimate of drug-likeness (QED) is 0.638. The van der Waals surface area contributed by atoms with Crippen LogP contribution in [0.1, 0.15) is 35.4 Å². The number of nitrogens with zero attached hydrogens (tertiary/aromatic N) is 2. The summed E-state index contributed by atoms with van der Waals surface area (Å²) in [7, 11) is -2.24. The number of carbonyl (C=O) groups is 2. The fraction of sp³-hybridized carbons (Fsp3) is 0.400. The number of amides is 1. The third-order valence-corrected chi connectivity index (χ3v) is 6.72. The van der Waals surface area contributed by atoms with Gasteiger partial charge in [-0.15, -0.1) is 0 Å². The van der Waals surface area contributed by atoms with Crippen molar-refractivity contribution in [2.45, 2.75) is 30.7 Å². The van der Waals surface area contributed by atoms with Crippen LogP contribution in [0.15, 0.2) is 52.0 Å². The molecule has 2 aromatic rings. The van der Waals surface area contributed by atoms with Crippen LogP contribution in [-0.4, -0.2) is 56.2 Å². The molecule has 1 aromatic carbocycles. The molecule has 0 N–H and O–H groups in total. The number of furan rings is 1. The normalized spacial score (nSPS) is 15.1. The number of ether oxygens (including phenoxy) is 1. The highest BCUT2D eigenvalue weighted by molar-refractivity contribution is 7.89. The van der Waals surface area contributed by atoms with Crippen LogP contribution < -0.4 is 0 Å². The van der Waals surface area contributed by atoms with E-state index in [-0.39, 0.29) is 17.0 Å². The van der Waals surface area contributed by atoms with Crippen molar-refractivity contribution in [3.63, 3.8) is 0 Å². The third kappa shape index (κ3) is 5.04. The second-order valence-corrected chi connectivity index (χ2v) is 8.77. The van der Waals surface area contributed by atoms with Crippen LogP contribution in [0.2, 0.25) is 0 Å². The van der Waals surface area contributed by atoms with Crippen LogP contribution in [0.3, 0.4) is 0 Å². The van der Waals surface area contributed by atoms with Gasteiger partial charge in [0.05, 0.1) is 23.3 Å². The molecule has 8 nitrogen and oxygen atoms in total. The van der Waals surface area contributed by atoms with E-state index in [2.05, 4.69) is 0 Å². The second-order valence-electron chi connectivity index (χ2n) is 6.87. The van der Waals surface area contributed by atoms with Crippen LogP contribution in [0.4, 0.5) is 0 Å². The van der Waals surface area contributed by atoms with E-state index in [9.17, 15) is 18.0 Å². The molecule has 1 aromatic heterocycles. The third-order valence-electron chi connectivity index (χ3n) is 4.77. The van der Waals surface area contributed by atoms with Gasteiger partial charge in [-0.2, -0.15) is 4.31 Å². The molecule has 1 amide bonds. The maximum Gasteiger partial charge on any atom is 0.340 e. The minimum Gasteiger partial charge on any atom is -0.467 e. The molecule has 0 spiro atoms. The lowest BCUT2D eigenvalue weighted by Crippen LogP contribution is -2.36. The first-order valence-electron chi connectivity index (χ1n) is 9.42. The van der Waals surface area contributed by atoms with Crippen molar-refractivity contribution in [2.75, 3.05) is 26.7 Å². The van der Waals surface area contributed by atoms with E-state index in [1.54, 1.807) is 31.3 Å². The highest BCUT2D eigenvalue weighted by Crippen LogP contribution is 2.24. The molecule has 0 radical (unpaired) electrons. The van der Waals surface area contributed by atoms with E-state index in [4.69, 9.17) is 9.15 Å². The molecule has 9 heteroatoms. The number of benzene rings is 1. The van der Waals surface area contributed by atoms with Crippen LogP contribution in [-0.2, 0) is 26.1 Å². The Morgan fingerprint density at radius 1 is 1.10 bits per heavy atom. The molecule has 0 saturated carbocycles. The van der Waals surface area contributed by atoms with Gasteiger partial charge >= 0.3 is 5.97 Å². The fourth-order valence-corrected chi connectivity index (χ4v) is 4.84. The largest absolute Gasteiger partial charge is 0.467 e. The summed E-state index contributed by atoms with van der Waals surface area (Å²) in [6, 6.07) is 9.37. The highest BCUT2D eigenvalue weighted by atomic mass is 32.2. The van der Waals surface area contributed by atoms with Gasteiger partial charge in [0.25, 0.3) is 5.91 Å². The van der Waals surface area contributed by atoms with Crippen LogP contribution >= 0.6 is 0 Å². The standard InChI is InChI=1S/C20H24N2O6S/c1-21(14-16-8-7-13-27-16)19(23)15-28-20(24)17-9-3-4-10-18(17)29(25,26)22-11-5-2-6-12-22/h3-4,7-10,13H,2,5-6,11-12,14-15H2,1H3. The van der Waals surface area contributed by atoms with Gasteiger partial charge in [-0.1, -0.05) is 18.6 Å². The van der Waals surface area contributed by atoms with E-state index >= 15 is 0 Å². The molecule has 1 fully saturated rings. The molecular formula is C20H24N2O6S. The van der Waals surface area contributed by atoms with Gasteiger partial charge in [0.15, 0.2) is 6.61 Å². The van der Waals surface area contributed by atoms with Crippen molar-refractivity contribution in [1.29, 1.82) is 0 Å². The zero-order chi connectivity index (χ0) is 20.9. The predicted molar refractivity (Wildman–Crippen MR) is 105 cm³/mol. The number of rotatable bonds is 7. The Balaban J connectivity index is 1.67. The number of likely N-dealkylation sites (N-methyl/N-ethyl adjacent to an activating group) is 1. The molecule has 156 valence electrons. The molecule has 0 aliphatic carbocycles. The summed E-state index contributed by atoms with van der Waals surface area (Å²) < 4.78 is 37.6. The Kier molecular flexibility index (Phi) is 6.71. The lowest BCUT2D eigenvalue weighted by atomic mass is 10.2. The summed E-state index contributed by atoms with van der Waals surface area (Å²) in [5, 5.41) is 0. The van der Waals surface area contributed by atoms with Crippen molar-refractivity contribution in [2.24, 2.45) is 0 Å². The summed E-state index contributed by atoms with van der Waals surface area (Å²) in [4.78, 5) is 26.0. The van der Waals surface area contributed by atoms with Crippen LogP contribution in [0.25, 0.3) is 0 Å². The number of piperidine rings is 1. The first-order valence-corrected chi connectivity index (χ1v) is 10.9. The van der Waals surface area contributed by atoms with Gasteiger partial charge in [-0.25, -0.2) is 13.2 Å². The van der Waals surface area contributed by atoms with Crippen molar-refractivity contribution < 1.29 is 27.2 Å². The lowest BCUT2D eigenvalue weighted by Gasteiger charge is -2.26. The smallest absolute Gasteiger partial charge is 0.340 e. The zero-order valence-corrected chi connectivity index (χ0v) is 17.1. The van der Waals surface area contributed by atoms with E-state index in [1.807, 2.05) is 0 Å². The Labute approximate surface area is 170 Å². The second kappa shape index (κ2) is 9.23. The minimum absolute atomic E-state index is 0.0699. The maximum absolute atomic E-state index is 13.0. The summed E-state index contributed by atoms with van der Waals surface area (Å²) in [5.74, 6) is -0.669. The molecule has 2 heterocycles. The molecule has 1 saturated heterocycles. The van der Waals surface area contributed by atoms with Crippen molar-refractivity contribution in [1.82, 2.24) is 9.21 Å². The van der Waals surface area contributed by atoms with Crippen LogP contribution in [0, 0.1) is 0 Å². The van der Waals surface area contributed by atoms with Gasteiger partial charge in [0, 0.05) is 20.1 Å². The first-order chi connectivity index (χ1) is 13.9. The molecule has 1 aliphatic rings. The van der Waals surface area contributed by atoms with Gasteiger partial charge in [0.1, 0.15) is 5.76 Å². The van der Waals surface area contributed by atoms with E-state index in [0.717, 1.165) is 19.3 Å². The molecule has 29 heavy (non-hydrogen) atoms. The summed E-state index contributed by atoms with van der Waals surface area (Å²) in [6.07, 6.45) is 4.08. The molecular weight excluding hydrogens is 396 g/mol. The Hall–Kier alpha value is -2.65. The molecule has 0 bridgehead atoms. The molecule has 0 atom stereocenters. The van der Waals surface area contributed by atoms with Crippen molar-refractivity contribution in [3.8, 4) is 0 Å². The monoisotopic (exact) mass is 420 g/mol. The number of esters is 1. The Bertz CT molecular complexity index is 949. The van der Waals surface area contributed by atoms with E-state index < -0.39 is 28.5 Å². The van der Waals surface area contributed by atoms with Crippen molar-refractivity contribution in [3.05, 3.63) is 54.0 Å². The molecule has 1 aliphatic heterocycles. The highest BCUT2D eigenvalue weighted by Gasteiger charge is 2.30. The number of hydrogen-bond donors (Lipinski definition) is 0. The first kappa shape index (κ1) is 21.1. The van der Waals surface area contributed by atoms with Gasteiger partial charge < -0.3 is 14.1 Å².